The normalized spacial score (nSPS) is 11.7. The van der Waals surface area contributed by atoms with Crippen LogP contribution in [0.1, 0.15) is 17.2 Å². The van der Waals surface area contributed by atoms with Crippen molar-refractivity contribution >= 4 is 5.91 Å². The zero-order chi connectivity index (χ0) is 15.1. The molecule has 4 heteroatoms. The number of hydrogen-bond donors (Lipinski definition) is 2. The van der Waals surface area contributed by atoms with E-state index in [-0.39, 0.29) is 18.9 Å². The molecule has 110 valence electrons. The van der Waals surface area contributed by atoms with Crippen molar-refractivity contribution in [2.24, 2.45) is 0 Å². The van der Waals surface area contributed by atoms with Gasteiger partial charge < -0.3 is 15.2 Å². The predicted octanol–water partition coefficient (Wildman–Crippen LogP) is 2.09. The summed E-state index contributed by atoms with van der Waals surface area (Å²) in [6.45, 7) is -0.137. The number of hydrogen-bond acceptors (Lipinski definition) is 3. The molecule has 0 aromatic heterocycles. The fraction of sp³-hybridized carbons (Fsp3) is 0.235. The summed E-state index contributed by atoms with van der Waals surface area (Å²) >= 11 is 0. The summed E-state index contributed by atoms with van der Waals surface area (Å²) in [7, 11) is 1.58. The number of carbonyl (C=O) groups is 1. The highest BCUT2D eigenvalue weighted by Gasteiger charge is 2.14. The topological polar surface area (TPSA) is 58.6 Å². The third kappa shape index (κ3) is 4.07. The lowest BCUT2D eigenvalue weighted by molar-refractivity contribution is -0.121. The zero-order valence-electron chi connectivity index (χ0n) is 12.0. The van der Waals surface area contributed by atoms with Crippen molar-refractivity contribution in [3.05, 3.63) is 65.7 Å². The molecule has 0 aliphatic rings. The fourth-order valence-corrected chi connectivity index (χ4v) is 2.19. The van der Waals surface area contributed by atoms with Crippen LogP contribution < -0.4 is 10.1 Å². The Morgan fingerprint density at radius 1 is 1.14 bits per heavy atom. The summed E-state index contributed by atoms with van der Waals surface area (Å²) in [6, 6.07) is 16.4. The minimum Gasteiger partial charge on any atom is -0.496 e. The van der Waals surface area contributed by atoms with Gasteiger partial charge in [-0.3, -0.25) is 4.79 Å². The Kier molecular flexibility index (Phi) is 5.35. The summed E-state index contributed by atoms with van der Waals surface area (Å²) in [5.74, 6) is 0.537. The van der Waals surface area contributed by atoms with Gasteiger partial charge in [-0.25, -0.2) is 0 Å². The first kappa shape index (κ1) is 15.1. The molecule has 2 aromatic rings. The summed E-state index contributed by atoms with van der Waals surface area (Å²) in [5, 5.41) is 12.3. The third-order valence-electron chi connectivity index (χ3n) is 3.26. The van der Waals surface area contributed by atoms with Crippen LogP contribution in [0.5, 0.6) is 5.75 Å². The number of benzene rings is 2. The van der Waals surface area contributed by atoms with Gasteiger partial charge in [-0.15, -0.1) is 0 Å². The summed E-state index contributed by atoms with van der Waals surface area (Å²) in [6.07, 6.45) is 0.216. The van der Waals surface area contributed by atoms with E-state index in [1.54, 1.807) is 7.11 Å². The van der Waals surface area contributed by atoms with Gasteiger partial charge >= 0.3 is 0 Å². The van der Waals surface area contributed by atoms with E-state index in [4.69, 9.17) is 4.74 Å². The molecule has 0 aliphatic heterocycles. The Morgan fingerprint density at radius 2 is 1.81 bits per heavy atom. The van der Waals surface area contributed by atoms with Crippen LogP contribution in [-0.4, -0.2) is 24.7 Å². The molecule has 1 amide bonds. The number of ether oxygens (including phenoxy) is 1. The van der Waals surface area contributed by atoms with Crippen LogP contribution in [0.15, 0.2) is 54.6 Å². The van der Waals surface area contributed by atoms with Crippen LogP contribution in [0.25, 0.3) is 0 Å². The van der Waals surface area contributed by atoms with Crippen LogP contribution in [0, 0.1) is 0 Å². The van der Waals surface area contributed by atoms with Gasteiger partial charge in [-0.2, -0.15) is 0 Å². The fourth-order valence-electron chi connectivity index (χ4n) is 2.19. The van der Waals surface area contributed by atoms with Gasteiger partial charge in [0.2, 0.25) is 5.91 Å². The number of nitrogens with one attached hydrogen (secondary N) is 1. The molecule has 1 unspecified atom stereocenters. The quantitative estimate of drug-likeness (QED) is 0.854. The number of methoxy groups -OCH3 is 1. The van der Waals surface area contributed by atoms with E-state index in [0.717, 1.165) is 11.1 Å². The van der Waals surface area contributed by atoms with Gasteiger partial charge in [-0.05, 0) is 11.6 Å². The van der Waals surface area contributed by atoms with Crippen LogP contribution in [0.2, 0.25) is 0 Å². The van der Waals surface area contributed by atoms with Crippen LogP contribution in [0.3, 0.4) is 0 Å². The van der Waals surface area contributed by atoms with Gasteiger partial charge in [0.1, 0.15) is 5.75 Å². The summed E-state index contributed by atoms with van der Waals surface area (Å²) in [4.78, 5) is 12.1. The van der Waals surface area contributed by atoms with E-state index in [1.807, 2.05) is 54.6 Å². The maximum Gasteiger partial charge on any atom is 0.225 e. The molecular formula is C17H19NO3. The first-order valence-corrected chi connectivity index (χ1v) is 6.81. The van der Waals surface area contributed by atoms with Crippen molar-refractivity contribution < 1.29 is 14.6 Å². The lowest BCUT2D eigenvalue weighted by Gasteiger charge is -2.17. The molecule has 1 atom stereocenters. The van der Waals surface area contributed by atoms with E-state index in [0.29, 0.717) is 5.75 Å². The molecule has 0 bridgehead atoms. The predicted molar refractivity (Wildman–Crippen MR) is 81.1 cm³/mol. The molecule has 2 rings (SSSR count). The first-order valence-electron chi connectivity index (χ1n) is 6.81. The summed E-state index contributed by atoms with van der Waals surface area (Å²) in [5.41, 5.74) is 1.70. The maximum absolute atomic E-state index is 12.1. The lowest BCUT2D eigenvalue weighted by atomic mass is 10.1. The Morgan fingerprint density at radius 3 is 2.48 bits per heavy atom. The smallest absolute Gasteiger partial charge is 0.225 e. The number of carbonyl (C=O) groups excluding carboxylic acids is 1. The van der Waals surface area contributed by atoms with E-state index in [2.05, 4.69) is 5.32 Å². The van der Waals surface area contributed by atoms with E-state index < -0.39 is 6.04 Å². The Balaban J connectivity index is 2.03. The molecular weight excluding hydrogens is 266 g/mol. The van der Waals surface area contributed by atoms with Gasteiger partial charge in [0, 0.05) is 5.56 Å². The molecule has 4 nitrogen and oxygen atoms in total. The second kappa shape index (κ2) is 7.45. The number of aliphatic hydroxyl groups excluding tert-OH is 1. The van der Waals surface area contributed by atoms with Crippen LogP contribution >= 0.6 is 0 Å². The molecule has 2 aromatic carbocycles. The minimum atomic E-state index is -0.395. The number of rotatable bonds is 6. The Bertz CT molecular complexity index is 584. The molecule has 0 saturated heterocycles. The van der Waals surface area contributed by atoms with E-state index in [1.165, 1.54) is 0 Å². The second-order valence-electron chi connectivity index (χ2n) is 4.70. The third-order valence-corrected chi connectivity index (χ3v) is 3.26. The average Bonchev–Trinajstić information content (AvgIpc) is 2.54. The van der Waals surface area contributed by atoms with Crippen LogP contribution in [-0.2, 0) is 11.2 Å². The van der Waals surface area contributed by atoms with Crippen molar-refractivity contribution in [3.8, 4) is 5.75 Å². The highest BCUT2D eigenvalue weighted by molar-refractivity contribution is 5.79. The van der Waals surface area contributed by atoms with Gasteiger partial charge in [-0.1, -0.05) is 48.5 Å². The highest BCUT2D eigenvalue weighted by atomic mass is 16.5. The molecule has 0 spiro atoms. The first-order chi connectivity index (χ1) is 10.2. The van der Waals surface area contributed by atoms with Gasteiger partial charge in [0.05, 0.1) is 26.2 Å². The highest BCUT2D eigenvalue weighted by Crippen LogP contribution is 2.18. The second-order valence-corrected chi connectivity index (χ2v) is 4.70. The molecule has 2 N–H and O–H groups in total. The number of aliphatic hydroxyl groups is 1. The molecule has 21 heavy (non-hydrogen) atoms. The largest absolute Gasteiger partial charge is 0.496 e. The number of para-hydroxylation sites is 1. The van der Waals surface area contributed by atoms with Gasteiger partial charge in [0.15, 0.2) is 0 Å². The average molecular weight is 285 g/mol. The Hall–Kier alpha value is -2.33. The minimum absolute atomic E-state index is 0.137. The maximum atomic E-state index is 12.1. The zero-order valence-corrected chi connectivity index (χ0v) is 12.0. The lowest BCUT2D eigenvalue weighted by Crippen LogP contribution is -2.32. The van der Waals surface area contributed by atoms with Crippen molar-refractivity contribution in [1.82, 2.24) is 5.32 Å². The van der Waals surface area contributed by atoms with Crippen molar-refractivity contribution in [3.63, 3.8) is 0 Å². The van der Waals surface area contributed by atoms with Crippen molar-refractivity contribution in [1.29, 1.82) is 0 Å². The molecule has 0 radical (unpaired) electrons. The molecule has 0 aliphatic carbocycles. The van der Waals surface area contributed by atoms with Crippen molar-refractivity contribution in [2.45, 2.75) is 12.5 Å². The van der Waals surface area contributed by atoms with E-state index >= 15 is 0 Å². The van der Waals surface area contributed by atoms with Crippen LogP contribution in [0.4, 0.5) is 0 Å². The standard InChI is InChI=1S/C17H19NO3/c1-21-16-10-6-5-9-14(16)11-17(20)18-15(12-19)13-7-3-2-4-8-13/h2-10,15,19H,11-12H2,1H3,(H,18,20). The Labute approximate surface area is 124 Å². The number of amides is 1. The summed E-state index contributed by atoms with van der Waals surface area (Å²) < 4.78 is 5.23. The molecule has 0 heterocycles. The van der Waals surface area contributed by atoms with Gasteiger partial charge in [0.25, 0.3) is 0 Å². The molecule has 0 saturated carbocycles. The van der Waals surface area contributed by atoms with E-state index in [9.17, 15) is 9.90 Å². The molecule has 0 fully saturated rings. The SMILES string of the molecule is COc1ccccc1CC(=O)NC(CO)c1ccccc1. The monoisotopic (exact) mass is 285 g/mol. The van der Waals surface area contributed by atoms with Crippen molar-refractivity contribution in [2.75, 3.05) is 13.7 Å².